The summed E-state index contributed by atoms with van der Waals surface area (Å²) in [5.41, 5.74) is 0. The van der Waals surface area contributed by atoms with E-state index < -0.39 is 16.3 Å². The molecule has 1 atom stereocenters. The first kappa shape index (κ1) is 20.0. The maximum atomic E-state index is 13.1. The van der Waals surface area contributed by atoms with Crippen LogP contribution in [0.3, 0.4) is 0 Å². The van der Waals surface area contributed by atoms with Gasteiger partial charge in [-0.1, -0.05) is 26.7 Å². The van der Waals surface area contributed by atoms with E-state index in [-0.39, 0.29) is 5.91 Å². The highest BCUT2D eigenvalue weighted by molar-refractivity contribution is 8.00. The van der Waals surface area contributed by atoms with Gasteiger partial charge in [0.15, 0.2) is 0 Å². The van der Waals surface area contributed by atoms with Crippen LogP contribution in [-0.2, 0) is 15.0 Å². The van der Waals surface area contributed by atoms with Crippen molar-refractivity contribution in [1.29, 1.82) is 0 Å². The minimum Gasteiger partial charge on any atom is -0.354 e. The summed E-state index contributed by atoms with van der Waals surface area (Å²) in [6.07, 6.45) is 5.95. The van der Waals surface area contributed by atoms with Gasteiger partial charge >= 0.3 is 0 Å². The average Bonchev–Trinajstić information content (AvgIpc) is 3.25. The van der Waals surface area contributed by atoms with Gasteiger partial charge in [0.1, 0.15) is 6.04 Å². The number of unbranched alkanes of at least 4 members (excludes halogenated alkanes) is 2. The van der Waals surface area contributed by atoms with E-state index in [0.717, 1.165) is 25.7 Å². The van der Waals surface area contributed by atoms with Crippen molar-refractivity contribution in [2.75, 3.05) is 31.3 Å². The predicted octanol–water partition coefficient (Wildman–Crippen LogP) is 2.03. The Kier molecular flexibility index (Phi) is 7.84. The zero-order valence-corrected chi connectivity index (χ0v) is 16.5. The third kappa shape index (κ3) is 5.34. The fourth-order valence-electron chi connectivity index (χ4n) is 2.71. The molecule has 1 saturated heterocycles. The minimum absolute atomic E-state index is 0.138. The van der Waals surface area contributed by atoms with E-state index in [0.29, 0.717) is 37.2 Å². The first-order valence-electron chi connectivity index (χ1n) is 9.13. The van der Waals surface area contributed by atoms with Crippen molar-refractivity contribution >= 4 is 27.9 Å². The Morgan fingerprint density at radius 1 is 1.21 bits per heavy atom. The van der Waals surface area contributed by atoms with Gasteiger partial charge in [0.05, 0.1) is 5.88 Å². The van der Waals surface area contributed by atoms with Crippen molar-refractivity contribution in [3.8, 4) is 0 Å². The Labute approximate surface area is 150 Å². The van der Waals surface area contributed by atoms with Crippen molar-refractivity contribution in [2.45, 2.75) is 58.4 Å². The van der Waals surface area contributed by atoms with E-state index in [1.165, 1.54) is 28.9 Å². The number of carbonyl (C=O) groups is 1. The van der Waals surface area contributed by atoms with Crippen LogP contribution < -0.4 is 5.32 Å². The van der Waals surface area contributed by atoms with Crippen LogP contribution in [0.4, 0.5) is 0 Å². The SMILES string of the molecule is CCCCN(CCCC)S(=O)(=O)N1CSCC1C(=O)NCC1CC1. The van der Waals surface area contributed by atoms with Crippen molar-refractivity contribution in [1.82, 2.24) is 13.9 Å². The molecule has 2 fully saturated rings. The van der Waals surface area contributed by atoms with Gasteiger partial charge in [-0.05, 0) is 31.6 Å². The van der Waals surface area contributed by atoms with Gasteiger partial charge in [0.2, 0.25) is 5.91 Å². The predicted molar refractivity (Wildman–Crippen MR) is 99.0 cm³/mol. The molecule has 2 aliphatic rings. The van der Waals surface area contributed by atoms with Crippen molar-refractivity contribution < 1.29 is 13.2 Å². The highest BCUT2D eigenvalue weighted by Crippen LogP contribution is 2.29. The molecule has 1 heterocycles. The summed E-state index contributed by atoms with van der Waals surface area (Å²) < 4.78 is 29.1. The average molecular weight is 378 g/mol. The molecule has 0 radical (unpaired) electrons. The number of nitrogens with one attached hydrogen (secondary N) is 1. The molecule has 0 aromatic rings. The molecule has 0 aromatic heterocycles. The third-order valence-corrected chi connectivity index (χ3v) is 7.72. The van der Waals surface area contributed by atoms with Gasteiger partial charge in [0, 0.05) is 25.4 Å². The number of amides is 1. The van der Waals surface area contributed by atoms with Gasteiger partial charge in [-0.15, -0.1) is 11.8 Å². The zero-order valence-electron chi connectivity index (χ0n) is 14.9. The maximum absolute atomic E-state index is 13.1. The van der Waals surface area contributed by atoms with Crippen molar-refractivity contribution in [3.63, 3.8) is 0 Å². The van der Waals surface area contributed by atoms with E-state index in [4.69, 9.17) is 0 Å². The molecular formula is C16H31N3O3S2. The van der Waals surface area contributed by atoms with Crippen molar-refractivity contribution in [3.05, 3.63) is 0 Å². The highest BCUT2D eigenvalue weighted by Gasteiger charge is 2.42. The van der Waals surface area contributed by atoms with Gasteiger partial charge in [0.25, 0.3) is 10.2 Å². The van der Waals surface area contributed by atoms with Crippen LogP contribution in [-0.4, -0.2) is 60.2 Å². The van der Waals surface area contributed by atoms with E-state index in [9.17, 15) is 13.2 Å². The normalized spacial score (nSPS) is 22.2. The third-order valence-electron chi connectivity index (χ3n) is 4.55. The minimum atomic E-state index is -3.58. The number of carbonyl (C=O) groups excluding carboxylic acids is 1. The molecule has 1 amide bonds. The monoisotopic (exact) mass is 377 g/mol. The molecule has 0 bridgehead atoms. The molecule has 2 rings (SSSR count). The van der Waals surface area contributed by atoms with Gasteiger partial charge in [-0.3, -0.25) is 4.79 Å². The first-order chi connectivity index (χ1) is 11.5. The summed E-state index contributed by atoms with van der Waals surface area (Å²) >= 11 is 1.52. The lowest BCUT2D eigenvalue weighted by atomic mass is 10.3. The number of thioether (sulfide) groups is 1. The van der Waals surface area contributed by atoms with Crippen LogP contribution in [0.25, 0.3) is 0 Å². The zero-order chi connectivity index (χ0) is 17.6. The summed E-state index contributed by atoms with van der Waals surface area (Å²) in [7, 11) is -3.58. The molecule has 140 valence electrons. The second-order valence-corrected chi connectivity index (χ2v) is 9.59. The molecule has 0 spiro atoms. The quantitative estimate of drug-likeness (QED) is 0.598. The maximum Gasteiger partial charge on any atom is 0.283 e. The van der Waals surface area contributed by atoms with Gasteiger partial charge < -0.3 is 5.32 Å². The Morgan fingerprint density at radius 3 is 2.38 bits per heavy atom. The van der Waals surface area contributed by atoms with E-state index >= 15 is 0 Å². The molecule has 0 aromatic carbocycles. The lowest BCUT2D eigenvalue weighted by Gasteiger charge is -2.30. The molecule has 8 heteroatoms. The second-order valence-electron chi connectivity index (χ2n) is 6.71. The highest BCUT2D eigenvalue weighted by atomic mass is 32.2. The van der Waals surface area contributed by atoms with Crippen LogP contribution in [0, 0.1) is 5.92 Å². The smallest absolute Gasteiger partial charge is 0.283 e. The topological polar surface area (TPSA) is 69.7 Å². The summed E-state index contributed by atoms with van der Waals surface area (Å²) in [4.78, 5) is 12.4. The van der Waals surface area contributed by atoms with Gasteiger partial charge in [-0.25, -0.2) is 0 Å². The van der Waals surface area contributed by atoms with Crippen molar-refractivity contribution in [2.24, 2.45) is 5.92 Å². The lowest BCUT2D eigenvalue weighted by Crippen LogP contribution is -2.52. The van der Waals surface area contributed by atoms with E-state index in [1.807, 2.05) is 0 Å². The number of nitrogens with zero attached hydrogens (tertiary/aromatic N) is 2. The molecule has 1 N–H and O–H groups in total. The van der Waals surface area contributed by atoms with Crippen LogP contribution in [0.5, 0.6) is 0 Å². The Morgan fingerprint density at radius 2 is 1.83 bits per heavy atom. The largest absolute Gasteiger partial charge is 0.354 e. The fourth-order valence-corrected chi connectivity index (χ4v) is 6.08. The Hall–Kier alpha value is -0.310. The second kappa shape index (κ2) is 9.40. The van der Waals surface area contributed by atoms with E-state index in [1.54, 1.807) is 4.31 Å². The summed E-state index contributed by atoms with van der Waals surface area (Å²) in [6.45, 7) is 5.88. The van der Waals surface area contributed by atoms with Crippen LogP contribution in [0.2, 0.25) is 0 Å². The Balaban J connectivity index is 2.03. The molecular weight excluding hydrogens is 346 g/mol. The number of hydrogen-bond donors (Lipinski definition) is 1. The molecule has 1 aliphatic carbocycles. The molecule has 6 nitrogen and oxygen atoms in total. The van der Waals surface area contributed by atoms with Crippen LogP contribution >= 0.6 is 11.8 Å². The lowest BCUT2D eigenvalue weighted by molar-refractivity contribution is -0.123. The Bertz CT molecular complexity index is 501. The van der Waals surface area contributed by atoms with Crippen LogP contribution in [0.1, 0.15) is 52.4 Å². The molecule has 1 aliphatic heterocycles. The fraction of sp³-hybridized carbons (Fsp3) is 0.938. The summed E-state index contributed by atoms with van der Waals surface area (Å²) in [5.74, 6) is 1.38. The summed E-state index contributed by atoms with van der Waals surface area (Å²) in [6, 6.07) is -0.565. The molecule has 1 saturated carbocycles. The van der Waals surface area contributed by atoms with Crippen LogP contribution in [0.15, 0.2) is 0 Å². The first-order valence-corrected chi connectivity index (χ1v) is 11.7. The number of rotatable bonds is 11. The molecule has 24 heavy (non-hydrogen) atoms. The molecule has 1 unspecified atom stereocenters. The van der Waals surface area contributed by atoms with E-state index in [2.05, 4.69) is 19.2 Å². The van der Waals surface area contributed by atoms with Gasteiger partial charge in [-0.2, -0.15) is 17.0 Å². The standard InChI is InChI=1S/C16H31N3O3S2/c1-3-5-9-18(10-6-4-2)24(21,22)19-13-23-12-15(19)16(20)17-11-14-7-8-14/h14-15H,3-13H2,1-2H3,(H,17,20). The number of hydrogen-bond acceptors (Lipinski definition) is 4. The summed E-state index contributed by atoms with van der Waals surface area (Å²) in [5, 5.41) is 2.94.